The summed E-state index contributed by atoms with van der Waals surface area (Å²) in [6.07, 6.45) is 1.58. The Morgan fingerprint density at radius 3 is 2.57 bits per heavy atom. The molecule has 0 aliphatic rings. The topological polar surface area (TPSA) is 36.4 Å². The van der Waals surface area contributed by atoms with Crippen LogP contribution in [-0.2, 0) is 0 Å². The monoisotopic (exact) mass is 301 g/mol. The van der Waals surface area contributed by atoms with Crippen molar-refractivity contribution in [3.05, 3.63) is 65.0 Å². The number of hydrazone groups is 1. The highest BCUT2D eigenvalue weighted by molar-refractivity contribution is 7.80. The third-order valence-corrected chi connectivity index (χ3v) is 3.30. The molecular formula is C16H16FN3S. The Hall–Kier alpha value is -2.27. The fraction of sp³-hybridized carbons (Fsp3) is 0.125. The quantitative estimate of drug-likeness (QED) is 0.515. The molecule has 3 nitrogen and oxygen atoms in total. The lowest BCUT2D eigenvalue weighted by molar-refractivity contribution is 0.628. The van der Waals surface area contributed by atoms with Crippen LogP contribution in [0.25, 0.3) is 0 Å². The number of aryl methyl sites for hydroxylation is 1. The molecule has 0 amide bonds. The van der Waals surface area contributed by atoms with Gasteiger partial charge in [0.1, 0.15) is 5.82 Å². The molecule has 5 heteroatoms. The van der Waals surface area contributed by atoms with Gasteiger partial charge in [0.2, 0.25) is 0 Å². The van der Waals surface area contributed by atoms with E-state index in [2.05, 4.69) is 15.8 Å². The second kappa shape index (κ2) is 6.95. The van der Waals surface area contributed by atoms with Crippen LogP contribution in [0.2, 0.25) is 0 Å². The lowest BCUT2D eigenvalue weighted by Crippen LogP contribution is -2.24. The summed E-state index contributed by atoms with van der Waals surface area (Å²) in [5.41, 5.74) is 6.81. The summed E-state index contributed by atoms with van der Waals surface area (Å²) < 4.78 is 12.8. The zero-order chi connectivity index (χ0) is 15.2. The molecule has 0 spiro atoms. The summed E-state index contributed by atoms with van der Waals surface area (Å²) in [4.78, 5) is 0. The van der Waals surface area contributed by atoms with Crippen LogP contribution >= 0.6 is 12.2 Å². The normalized spacial score (nSPS) is 10.6. The second-order valence-electron chi connectivity index (χ2n) is 4.62. The molecule has 108 valence electrons. The van der Waals surface area contributed by atoms with Crippen LogP contribution < -0.4 is 10.7 Å². The van der Waals surface area contributed by atoms with Gasteiger partial charge in [0.05, 0.1) is 6.21 Å². The summed E-state index contributed by atoms with van der Waals surface area (Å²) in [6, 6.07) is 12.0. The van der Waals surface area contributed by atoms with Crippen LogP contribution in [0.1, 0.15) is 16.7 Å². The Labute approximate surface area is 128 Å². The lowest BCUT2D eigenvalue weighted by Gasteiger charge is -2.11. The molecule has 0 heterocycles. The molecule has 2 aromatic rings. The molecule has 0 saturated heterocycles. The Morgan fingerprint density at radius 2 is 1.86 bits per heavy atom. The SMILES string of the molecule is Cc1cccc(NC(=S)NN=Cc2ccc(F)cc2)c1C. The first kappa shape index (κ1) is 15.1. The molecule has 0 atom stereocenters. The highest BCUT2D eigenvalue weighted by atomic mass is 32.1. The van der Waals surface area contributed by atoms with E-state index in [-0.39, 0.29) is 5.82 Å². The molecule has 2 rings (SSSR count). The summed E-state index contributed by atoms with van der Waals surface area (Å²) in [7, 11) is 0. The highest BCUT2D eigenvalue weighted by Crippen LogP contribution is 2.17. The van der Waals surface area contributed by atoms with Crippen molar-refractivity contribution in [3.8, 4) is 0 Å². The zero-order valence-electron chi connectivity index (χ0n) is 11.9. The number of hydrogen-bond donors (Lipinski definition) is 2. The number of halogens is 1. The van der Waals surface area contributed by atoms with Crippen LogP contribution in [0.15, 0.2) is 47.6 Å². The number of nitrogens with zero attached hydrogens (tertiary/aromatic N) is 1. The lowest BCUT2D eigenvalue weighted by atomic mass is 10.1. The van der Waals surface area contributed by atoms with Crippen molar-refractivity contribution < 1.29 is 4.39 Å². The summed E-state index contributed by atoms with van der Waals surface area (Å²) >= 11 is 5.18. The zero-order valence-corrected chi connectivity index (χ0v) is 12.7. The minimum atomic E-state index is -0.271. The van der Waals surface area contributed by atoms with Gasteiger partial charge in [-0.05, 0) is 61.0 Å². The predicted molar refractivity (Wildman–Crippen MR) is 89.3 cm³/mol. The van der Waals surface area contributed by atoms with E-state index in [9.17, 15) is 4.39 Å². The minimum absolute atomic E-state index is 0.271. The molecule has 0 fully saturated rings. The van der Waals surface area contributed by atoms with E-state index in [0.29, 0.717) is 5.11 Å². The van der Waals surface area contributed by atoms with Gasteiger partial charge in [0.25, 0.3) is 0 Å². The minimum Gasteiger partial charge on any atom is -0.331 e. The van der Waals surface area contributed by atoms with E-state index >= 15 is 0 Å². The number of thiocarbonyl (C=S) groups is 1. The van der Waals surface area contributed by atoms with Crippen molar-refractivity contribution >= 4 is 29.2 Å². The van der Waals surface area contributed by atoms with E-state index in [1.54, 1.807) is 18.3 Å². The van der Waals surface area contributed by atoms with Crippen molar-refractivity contribution in [2.45, 2.75) is 13.8 Å². The molecule has 0 aromatic heterocycles. The number of anilines is 1. The summed E-state index contributed by atoms with van der Waals surface area (Å²) in [5.74, 6) is -0.271. The first-order valence-electron chi connectivity index (χ1n) is 6.48. The summed E-state index contributed by atoms with van der Waals surface area (Å²) in [6.45, 7) is 4.08. The van der Waals surface area contributed by atoms with E-state index in [1.165, 1.54) is 17.7 Å². The van der Waals surface area contributed by atoms with Gasteiger partial charge in [-0.2, -0.15) is 5.10 Å². The fourth-order valence-corrected chi connectivity index (χ4v) is 1.91. The Morgan fingerprint density at radius 1 is 1.14 bits per heavy atom. The largest absolute Gasteiger partial charge is 0.331 e. The van der Waals surface area contributed by atoms with Crippen molar-refractivity contribution in [2.75, 3.05) is 5.32 Å². The molecule has 2 N–H and O–H groups in total. The standard InChI is InChI=1S/C16H16FN3S/c1-11-4-3-5-15(12(11)2)19-16(21)20-18-10-13-6-8-14(17)9-7-13/h3-10H,1-2H3,(H2,19,20,21). The maximum absolute atomic E-state index is 12.8. The Kier molecular flexibility index (Phi) is 5.00. The maximum Gasteiger partial charge on any atom is 0.191 e. The molecule has 2 aromatic carbocycles. The van der Waals surface area contributed by atoms with Crippen LogP contribution in [0.5, 0.6) is 0 Å². The van der Waals surface area contributed by atoms with Gasteiger partial charge in [-0.15, -0.1) is 0 Å². The third-order valence-electron chi connectivity index (χ3n) is 3.10. The van der Waals surface area contributed by atoms with E-state index in [1.807, 2.05) is 32.0 Å². The van der Waals surface area contributed by atoms with E-state index in [4.69, 9.17) is 12.2 Å². The average molecular weight is 301 g/mol. The summed E-state index contributed by atoms with van der Waals surface area (Å²) in [5, 5.41) is 7.52. The number of nitrogens with one attached hydrogen (secondary N) is 2. The third kappa shape index (κ3) is 4.36. The van der Waals surface area contributed by atoms with Crippen molar-refractivity contribution in [3.63, 3.8) is 0 Å². The number of benzene rings is 2. The van der Waals surface area contributed by atoms with Gasteiger partial charge in [-0.3, -0.25) is 5.43 Å². The van der Waals surface area contributed by atoms with Crippen LogP contribution in [0, 0.1) is 19.7 Å². The molecule has 0 aliphatic heterocycles. The molecule has 0 bridgehead atoms. The maximum atomic E-state index is 12.8. The predicted octanol–water partition coefficient (Wildman–Crippen LogP) is 3.76. The van der Waals surface area contributed by atoms with Crippen LogP contribution in [0.3, 0.4) is 0 Å². The van der Waals surface area contributed by atoms with Crippen molar-refractivity contribution in [2.24, 2.45) is 5.10 Å². The van der Waals surface area contributed by atoms with Gasteiger partial charge in [0, 0.05) is 5.69 Å². The first-order valence-corrected chi connectivity index (χ1v) is 6.89. The van der Waals surface area contributed by atoms with Crippen molar-refractivity contribution in [1.29, 1.82) is 0 Å². The smallest absolute Gasteiger partial charge is 0.191 e. The van der Waals surface area contributed by atoms with E-state index in [0.717, 1.165) is 16.8 Å². The highest BCUT2D eigenvalue weighted by Gasteiger charge is 2.01. The molecule has 0 unspecified atom stereocenters. The van der Waals surface area contributed by atoms with Crippen LogP contribution in [-0.4, -0.2) is 11.3 Å². The van der Waals surface area contributed by atoms with Gasteiger partial charge in [-0.1, -0.05) is 24.3 Å². The van der Waals surface area contributed by atoms with Gasteiger partial charge in [-0.25, -0.2) is 4.39 Å². The van der Waals surface area contributed by atoms with Gasteiger partial charge in [0.15, 0.2) is 5.11 Å². The van der Waals surface area contributed by atoms with Gasteiger partial charge < -0.3 is 5.32 Å². The Balaban J connectivity index is 1.93. The molecule has 0 radical (unpaired) electrons. The van der Waals surface area contributed by atoms with E-state index < -0.39 is 0 Å². The second-order valence-corrected chi connectivity index (χ2v) is 5.03. The van der Waals surface area contributed by atoms with Crippen molar-refractivity contribution in [1.82, 2.24) is 5.43 Å². The fourth-order valence-electron chi connectivity index (χ4n) is 1.75. The molecule has 0 aliphatic carbocycles. The Bertz CT molecular complexity index is 666. The molecule has 21 heavy (non-hydrogen) atoms. The molecule has 0 saturated carbocycles. The number of hydrogen-bond acceptors (Lipinski definition) is 2. The first-order chi connectivity index (χ1) is 10.1. The molecular weight excluding hydrogens is 285 g/mol. The number of rotatable bonds is 3. The average Bonchev–Trinajstić information content (AvgIpc) is 2.46. The van der Waals surface area contributed by atoms with Crippen LogP contribution in [0.4, 0.5) is 10.1 Å². The van der Waals surface area contributed by atoms with Gasteiger partial charge >= 0.3 is 0 Å².